The zero-order valence-corrected chi connectivity index (χ0v) is 11.2. The summed E-state index contributed by atoms with van der Waals surface area (Å²) in [5.74, 6) is -0.274. The molecule has 3 N–H and O–H groups in total. The van der Waals surface area contributed by atoms with Crippen LogP contribution >= 0.6 is 0 Å². The van der Waals surface area contributed by atoms with Crippen LogP contribution in [0.5, 0.6) is 17.2 Å². The molecule has 7 nitrogen and oxygen atoms in total. The highest BCUT2D eigenvalue weighted by molar-refractivity contribution is 6.08. The van der Waals surface area contributed by atoms with Gasteiger partial charge in [-0.3, -0.25) is 4.79 Å². The van der Waals surface area contributed by atoms with E-state index in [2.05, 4.69) is 14.7 Å². The third kappa shape index (κ3) is 3.61. The first-order chi connectivity index (χ1) is 10.7. The molecular weight excluding hydrogens is 292 g/mol. The van der Waals surface area contributed by atoms with Crippen LogP contribution in [0.4, 0.5) is 0 Å². The lowest BCUT2D eigenvalue weighted by Crippen LogP contribution is -2.00. The second kappa shape index (κ2) is 7.23. The largest absolute Gasteiger partial charge is 0.340 e. The summed E-state index contributed by atoms with van der Waals surface area (Å²) in [6.07, 6.45) is 2.83. The molecule has 0 spiro atoms. The van der Waals surface area contributed by atoms with Gasteiger partial charge < -0.3 is 14.7 Å². The Morgan fingerprint density at radius 3 is 2.09 bits per heavy atom. The molecule has 2 aromatic carbocycles. The van der Waals surface area contributed by atoms with E-state index in [1.165, 1.54) is 30.3 Å². The molecule has 0 amide bonds. The number of carbonyl (C=O) groups excluding carboxylic acids is 1. The second-order valence-corrected chi connectivity index (χ2v) is 4.20. The Hall–Kier alpha value is -2.87. The topological polar surface area (TPSA) is 105 Å². The molecule has 0 atom stereocenters. The Balaban J connectivity index is 2.18. The number of hydrogen-bond acceptors (Lipinski definition) is 7. The van der Waals surface area contributed by atoms with Gasteiger partial charge in [0.2, 0.25) is 0 Å². The van der Waals surface area contributed by atoms with E-state index in [0.29, 0.717) is 5.56 Å². The van der Waals surface area contributed by atoms with Gasteiger partial charge in [-0.15, -0.1) is 0 Å². The van der Waals surface area contributed by atoms with Gasteiger partial charge in [-0.1, -0.05) is 18.2 Å². The number of carbonyl (C=O) groups is 1. The molecule has 0 bridgehead atoms. The average Bonchev–Trinajstić information content (AvgIpc) is 2.59. The summed E-state index contributed by atoms with van der Waals surface area (Å²) in [4.78, 5) is 24.2. The summed E-state index contributed by atoms with van der Waals surface area (Å²) in [6, 6.07) is 10.2. The summed E-state index contributed by atoms with van der Waals surface area (Å²) in [6.45, 7) is 0. The van der Waals surface area contributed by atoms with E-state index in [0.717, 1.165) is 6.07 Å². The van der Waals surface area contributed by atoms with Crippen molar-refractivity contribution in [1.29, 1.82) is 0 Å². The van der Waals surface area contributed by atoms with Crippen molar-refractivity contribution in [3.05, 3.63) is 59.7 Å². The minimum absolute atomic E-state index is 0.0178. The van der Waals surface area contributed by atoms with Crippen LogP contribution in [-0.4, -0.2) is 21.6 Å². The fourth-order valence-corrected chi connectivity index (χ4v) is 1.74. The number of allylic oxidation sites excluding steroid dienone is 1. The van der Waals surface area contributed by atoms with Gasteiger partial charge in [-0.2, -0.15) is 0 Å². The van der Waals surface area contributed by atoms with Crippen LogP contribution in [0.2, 0.25) is 0 Å². The van der Waals surface area contributed by atoms with Crippen LogP contribution in [0.15, 0.2) is 48.5 Å². The van der Waals surface area contributed by atoms with Gasteiger partial charge in [-0.05, 0) is 35.9 Å². The van der Waals surface area contributed by atoms with Crippen LogP contribution in [0.25, 0.3) is 6.08 Å². The summed E-state index contributed by atoms with van der Waals surface area (Å²) in [5.41, 5.74) is 0.797. The molecule has 0 aliphatic rings. The maximum atomic E-state index is 12.1. The Labute approximate surface area is 125 Å². The highest BCUT2D eigenvalue weighted by Crippen LogP contribution is 2.25. The fraction of sp³-hybridized carbons (Fsp3) is 0. The maximum absolute atomic E-state index is 12.1. The zero-order valence-electron chi connectivity index (χ0n) is 11.2. The molecule has 0 aliphatic heterocycles. The molecule has 114 valence electrons. The molecule has 0 unspecified atom stereocenters. The van der Waals surface area contributed by atoms with Crippen molar-refractivity contribution in [2.75, 3.05) is 0 Å². The molecule has 0 saturated heterocycles. The normalized spacial score (nSPS) is 10.5. The number of hydrogen-bond donors (Lipinski definition) is 3. The molecule has 22 heavy (non-hydrogen) atoms. The lowest BCUT2D eigenvalue weighted by atomic mass is 10.1. The van der Waals surface area contributed by atoms with Gasteiger partial charge in [-0.25, -0.2) is 15.8 Å². The molecule has 0 heterocycles. The van der Waals surface area contributed by atoms with Crippen LogP contribution in [-0.2, 0) is 0 Å². The molecular formula is C15H12O7. The molecule has 0 saturated carbocycles. The number of benzene rings is 2. The number of ketones is 1. The van der Waals surface area contributed by atoms with Gasteiger partial charge >= 0.3 is 0 Å². The minimum Gasteiger partial charge on any atom is -0.340 e. The second-order valence-electron chi connectivity index (χ2n) is 4.20. The molecule has 0 radical (unpaired) electrons. The highest BCUT2D eigenvalue weighted by atomic mass is 17.1. The predicted molar refractivity (Wildman–Crippen MR) is 76.0 cm³/mol. The van der Waals surface area contributed by atoms with Gasteiger partial charge in [0.25, 0.3) is 0 Å². The third-order valence-electron chi connectivity index (χ3n) is 2.83. The predicted octanol–water partition coefficient (Wildman–Crippen LogP) is 3.14. The van der Waals surface area contributed by atoms with E-state index in [1.807, 2.05) is 0 Å². The van der Waals surface area contributed by atoms with Crippen molar-refractivity contribution in [1.82, 2.24) is 0 Å². The Kier molecular flexibility index (Phi) is 5.10. The van der Waals surface area contributed by atoms with Crippen LogP contribution < -0.4 is 14.7 Å². The third-order valence-corrected chi connectivity index (χ3v) is 2.83. The first kappa shape index (κ1) is 15.5. The van der Waals surface area contributed by atoms with Gasteiger partial charge in [0.15, 0.2) is 23.0 Å². The standard InChI is InChI=1S/C15H12O7/c16-14(8-3-10-1-4-11(20-17)5-2-10)13-7-6-12(21-18)9-15(13)22-19/h1-9,17-19H/b8-3+. The van der Waals surface area contributed by atoms with Gasteiger partial charge in [0.1, 0.15) is 0 Å². The Morgan fingerprint density at radius 1 is 0.864 bits per heavy atom. The molecule has 0 fully saturated rings. The zero-order chi connectivity index (χ0) is 15.9. The molecule has 2 aromatic rings. The van der Waals surface area contributed by atoms with Gasteiger partial charge in [0, 0.05) is 6.07 Å². The van der Waals surface area contributed by atoms with Crippen LogP contribution in [0.1, 0.15) is 15.9 Å². The van der Waals surface area contributed by atoms with Crippen molar-refractivity contribution < 1.29 is 35.2 Å². The Morgan fingerprint density at radius 2 is 1.50 bits per heavy atom. The SMILES string of the molecule is O=C(/C=C/c1ccc(OO)cc1)c1ccc(OO)cc1OO. The summed E-state index contributed by atoms with van der Waals surface area (Å²) in [5, 5.41) is 25.8. The summed E-state index contributed by atoms with van der Waals surface area (Å²) in [7, 11) is 0. The van der Waals surface area contributed by atoms with E-state index >= 15 is 0 Å². The summed E-state index contributed by atoms with van der Waals surface area (Å²) >= 11 is 0. The maximum Gasteiger partial charge on any atom is 0.189 e. The Bertz CT molecular complexity index is 677. The highest BCUT2D eigenvalue weighted by Gasteiger charge is 2.12. The van der Waals surface area contributed by atoms with Gasteiger partial charge in [0.05, 0.1) is 5.56 Å². The first-order valence-electron chi connectivity index (χ1n) is 6.08. The summed E-state index contributed by atoms with van der Waals surface area (Å²) < 4.78 is 0. The molecule has 0 aromatic heterocycles. The van der Waals surface area contributed by atoms with E-state index in [-0.39, 0.29) is 22.8 Å². The van der Waals surface area contributed by atoms with Crippen molar-refractivity contribution in [3.8, 4) is 17.2 Å². The molecule has 2 rings (SSSR count). The molecule has 7 heteroatoms. The van der Waals surface area contributed by atoms with Crippen LogP contribution in [0, 0.1) is 0 Å². The van der Waals surface area contributed by atoms with E-state index in [9.17, 15) is 4.79 Å². The minimum atomic E-state index is -0.420. The van der Waals surface area contributed by atoms with Crippen LogP contribution in [0.3, 0.4) is 0 Å². The van der Waals surface area contributed by atoms with E-state index in [1.54, 1.807) is 18.2 Å². The van der Waals surface area contributed by atoms with Crippen molar-refractivity contribution in [2.45, 2.75) is 0 Å². The first-order valence-corrected chi connectivity index (χ1v) is 6.08. The van der Waals surface area contributed by atoms with Crippen molar-refractivity contribution in [2.24, 2.45) is 0 Å². The average molecular weight is 304 g/mol. The lowest BCUT2D eigenvalue weighted by molar-refractivity contribution is -0.144. The number of rotatable bonds is 6. The monoisotopic (exact) mass is 304 g/mol. The van der Waals surface area contributed by atoms with E-state index in [4.69, 9.17) is 15.8 Å². The fourth-order valence-electron chi connectivity index (χ4n) is 1.74. The quantitative estimate of drug-likeness (QED) is 0.326. The molecule has 0 aliphatic carbocycles. The lowest BCUT2D eigenvalue weighted by Gasteiger charge is -2.04. The van der Waals surface area contributed by atoms with Crippen molar-refractivity contribution in [3.63, 3.8) is 0 Å². The smallest absolute Gasteiger partial charge is 0.189 e. The van der Waals surface area contributed by atoms with E-state index < -0.39 is 5.78 Å². The van der Waals surface area contributed by atoms with Crippen molar-refractivity contribution >= 4 is 11.9 Å².